The number of nitrogens with zero attached hydrogens (tertiary/aromatic N) is 2. The number of likely N-dealkylation sites (N-methyl/N-ethyl adjacent to an activating group) is 1. The fraction of sp³-hybridized carbons (Fsp3) is 0.300. The molecule has 0 saturated heterocycles. The monoisotopic (exact) mass is 748 g/mol. The third-order valence-electron chi connectivity index (χ3n) is 9.01. The van der Waals surface area contributed by atoms with Crippen LogP contribution in [0.3, 0.4) is 0 Å². The quantitative estimate of drug-likeness (QED) is 0.114. The Hall–Kier alpha value is -6.50. The van der Waals surface area contributed by atoms with Gasteiger partial charge in [0, 0.05) is 43.2 Å². The maximum Gasteiger partial charge on any atom is 0.251 e. The van der Waals surface area contributed by atoms with Crippen molar-refractivity contribution in [1.82, 2.24) is 26.2 Å². The van der Waals surface area contributed by atoms with Gasteiger partial charge in [-0.2, -0.15) is 5.26 Å². The molecule has 0 radical (unpaired) electrons. The SMILES string of the molecule is C[C@@H]1NC(=O)[C@@H](N(C)C(=O)CNC(=O)c2ccc3ccccc3c2)c2ccc(OCCN)c(c2)-c2cc(ccc2OCCN)C[C@@H](C(=O)NCC#N)NC1=O. The van der Waals surface area contributed by atoms with Crippen molar-refractivity contribution < 1.29 is 33.4 Å². The number of amides is 5. The molecule has 55 heavy (non-hydrogen) atoms. The Bertz CT molecular complexity index is 2120. The highest BCUT2D eigenvalue weighted by atomic mass is 16.5. The minimum Gasteiger partial charge on any atom is -0.492 e. The van der Waals surface area contributed by atoms with Crippen molar-refractivity contribution in [3.8, 4) is 28.7 Å². The van der Waals surface area contributed by atoms with E-state index in [0.717, 1.165) is 10.8 Å². The number of benzene rings is 4. The molecule has 1 aliphatic heterocycles. The summed E-state index contributed by atoms with van der Waals surface area (Å²) < 4.78 is 12.1. The second-order valence-corrected chi connectivity index (χ2v) is 12.9. The molecule has 1 aliphatic rings. The summed E-state index contributed by atoms with van der Waals surface area (Å²) in [5, 5.41) is 21.4. The molecular formula is C40H44N8O7. The van der Waals surface area contributed by atoms with Crippen molar-refractivity contribution in [2.24, 2.45) is 11.5 Å². The van der Waals surface area contributed by atoms with Crippen LogP contribution in [0.4, 0.5) is 0 Å². The molecule has 8 N–H and O–H groups in total. The highest BCUT2D eigenvalue weighted by molar-refractivity contribution is 6.01. The first kappa shape index (κ1) is 39.7. The van der Waals surface area contributed by atoms with Gasteiger partial charge in [-0.3, -0.25) is 24.0 Å². The molecule has 0 saturated carbocycles. The minimum atomic E-state index is -1.31. The lowest BCUT2D eigenvalue weighted by Gasteiger charge is -2.30. The predicted octanol–water partition coefficient (Wildman–Crippen LogP) is 1.30. The summed E-state index contributed by atoms with van der Waals surface area (Å²) >= 11 is 0. The molecule has 0 spiro atoms. The summed E-state index contributed by atoms with van der Waals surface area (Å²) in [5.41, 5.74) is 13.9. The Morgan fingerprint density at radius 2 is 1.53 bits per heavy atom. The minimum absolute atomic E-state index is 0.0251. The van der Waals surface area contributed by atoms with Gasteiger partial charge in [-0.25, -0.2) is 0 Å². The molecule has 286 valence electrons. The number of nitriles is 1. The molecule has 4 aromatic rings. The van der Waals surface area contributed by atoms with Crippen molar-refractivity contribution in [3.05, 3.63) is 95.6 Å². The topological polar surface area (TPSA) is 231 Å². The molecular weight excluding hydrogens is 704 g/mol. The molecule has 3 atom stereocenters. The molecule has 15 heteroatoms. The maximum absolute atomic E-state index is 14.2. The van der Waals surface area contributed by atoms with Crippen LogP contribution >= 0.6 is 0 Å². The van der Waals surface area contributed by atoms with Gasteiger partial charge >= 0.3 is 0 Å². The third kappa shape index (κ3) is 9.74. The zero-order valence-corrected chi connectivity index (χ0v) is 30.6. The number of nitrogens with one attached hydrogen (secondary N) is 4. The Labute approximate surface area is 318 Å². The van der Waals surface area contributed by atoms with Crippen molar-refractivity contribution >= 4 is 40.3 Å². The van der Waals surface area contributed by atoms with Gasteiger partial charge in [0.05, 0.1) is 12.6 Å². The van der Waals surface area contributed by atoms with Gasteiger partial charge in [-0.1, -0.05) is 42.5 Å². The van der Waals surface area contributed by atoms with Crippen LogP contribution in [0.25, 0.3) is 21.9 Å². The number of carbonyl (C=O) groups is 5. The first-order valence-corrected chi connectivity index (χ1v) is 17.8. The summed E-state index contributed by atoms with van der Waals surface area (Å²) in [6, 6.07) is 21.2. The van der Waals surface area contributed by atoms with E-state index in [9.17, 15) is 24.0 Å². The van der Waals surface area contributed by atoms with Crippen LogP contribution in [0.5, 0.6) is 11.5 Å². The van der Waals surface area contributed by atoms with Crippen molar-refractivity contribution in [2.75, 3.05) is 46.4 Å². The van der Waals surface area contributed by atoms with Gasteiger partial charge in [0.15, 0.2) is 0 Å². The molecule has 0 aromatic heterocycles. The van der Waals surface area contributed by atoms with E-state index in [1.54, 1.807) is 48.5 Å². The Morgan fingerprint density at radius 1 is 0.855 bits per heavy atom. The van der Waals surface area contributed by atoms with E-state index >= 15 is 0 Å². The second-order valence-electron chi connectivity index (χ2n) is 12.9. The smallest absolute Gasteiger partial charge is 0.251 e. The molecule has 1 heterocycles. The maximum atomic E-state index is 14.2. The first-order chi connectivity index (χ1) is 26.5. The normalized spacial score (nSPS) is 16.7. The van der Waals surface area contributed by atoms with Crippen LogP contribution in [0.1, 0.15) is 34.5 Å². The molecule has 0 unspecified atom stereocenters. The largest absolute Gasteiger partial charge is 0.492 e. The van der Waals surface area contributed by atoms with Crippen LogP contribution in [0.15, 0.2) is 78.9 Å². The highest BCUT2D eigenvalue weighted by Crippen LogP contribution is 2.40. The highest BCUT2D eigenvalue weighted by Gasteiger charge is 2.33. The van der Waals surface area contributed by atoms with Crippen LogP contribution in [0.2, 0.25) is 0 Å². The summed E-state index contributed by atoms with van der Waals surface area (Å²) in [6.45, 7) is 1.49. The van der Waals surface area contributed by atoms with Crippen molar-refractivity contribution in [3.63, 3.8) is 0 Å². The molecule has 0 aliphatic carbocycles. The molecule has 4 aromatic carbocycles. The van der Waals surface area contributed by atoms with E-state index in [2.05, 4.69) is 21.3 Å². The fourth-order valence-electron chi connectivity index (χ4n) is 6.19. The average Bonchev–Trinajstić information content (AvgIpc) is 3.19. The van der Waals surface area contributed by atoms with Crippen LogP contribution in [0, 0.1) is 11.3 Å². The van der Waals surface area contributed by atoms with Crippen LogP contribution in [-0.2, 0) is 25.6 Å². The Morgan fingerprint density at radius 3 is 2.22 bits per heavy atom. The number of ether oxygens (including phenoxy) is 2. The van der Waals surface area contributed by atoms with Gasteiger partial charge in [-0.15, -0.1) is 0 Å². The van der Waals surface area contributed by atoms with E-state index in [4.69, 9.17) is 26.2 Å². The number of carbonyl (C=O) groups excluding carboxylic acids is 5. The average molecular weight is 749 g/mol. The summed E-state index contributed by atoms with van der Waals surface area (Å²) in [4.78, 5) is 69.0. The third-order valence-corrected chi connectivity index (χ3v) is 9.01. The summed E-state index contributed by atoms with van der Waals surface area (Å²) in [6.07, 6.45) is 0.0251. The van der Waals surface area contributed by atoms with E-state index in [1.807, 2.05) is 36.4 Å². The number of hydrogen-bond donors (Lipinski definition) is 6. The lowest BCUT2D eigenvalue weighted by Crippen LogP contribution is -2.55. The van der Waals surface area contributed by atoms with E-state index in [-0.39, 0.29) is 39.3 Å². The zero-order valence-electron chi connectivity index (χ0n) is 30.6. The van der Waals surface area contributed by atoms with Gasteiger partial charge in [0.2, 0.25) is 23.6 Å². The summed E-state index contributed by atoms with van der Waals surface area (Å²) in [5.74, 6) is -2.24. The number of fused-ring (bicyclic) bond motifs is 6. The van der Waals surface area contributed by atoms with Crippen molar-refractivity contribution in [1.29, 1.82) is 5.26 Å². The van der Waals surface area contributed by atoms with E-state index < -0.39 is 54.2 Å². The molecule has 15 nitrogen and oxygen atoms in total. The molecule has 5 rings (SSSR count). The van der Waals surface area contributed by atoms with Crippen LogP contribution < -0.4 is 42.2 Å². The van der Waals surface area contributed by atoms with E-state index in [1.165, 1.54) is 18.9 Å². The number of nitrogens with two attached hydrogens (primary N) is 2. The Balaban J connectivity index is 1.56. The lowest BCUT2D eigenvalue weighted by atomic mass is 9.93. The van der Waals surface area contributed by atoms with E-state index in [0.29, 0.717) is 39.3 Å². The predicted molar refractivity (Wildman–Crippen MR) is 205 cm³/mol. The molecule has 0 fully saturated rings. The standard InChI is InChI=1S/C40H44N8O7/c1-24-37(50)47-32(39(52)44-16-13-41)20-25-7-11-33(54-17-14-42)30(19-25)31-22-28(10-12-34(31)55-18-15-43)36(40(53)46-24)48(2)35(49)23-45-38(51)29-9-8-26-5-3-4-6-27(26)21-29/h3-12,19,21-22,24,32,36H,14-18,20,23,42-43H2,1-2H3,(H,44,52)(H,45,51)(H,46,53)(H,47,50)/t24-,32-,36-/m0/s1. The van der Waals surface area contributed by atoms with Crippen molar-refractivity contribution in [2.45, 2.75) is 31.5 Å². The van der Waals surface area contributed by atoms with Gasteiger partial charge in [-0.05, 0) is 65.2 Å². The fourth-order valence-corrected chi connectivity index (χ4v) is 6.19. The molecule has 4 bridgehead atoms. The second kappa shape index (κ2) is 18.5. The first-order valence-electron chi connectivity index (χ1n) is 17.8. The number of hydrogen-bond acceptors (Lipinski definition) is 10. The number of rotatable bonds is 12. The van der Waals surface area contributed by atoms with Gasteiger partial charge < -0.3 is 47.1 Å². The Kier molecular flexibility index (Phi) is 13.4. The zero-order chi connectivity index (χ0) is 39.5. The van der Waals surface area contributed by atoms with Gasteiger partial charge in [0.25, 0.3) is 5.91 Å². The lowest BCUT2D eigenvalue weighted by molar-refractivity contribution is -0.139. The van der Waals surface area contributed by atoms with Crippen LogP contribution in [-0.4, -0.2) is 93.0 Å². The summed E-state index contributed by atoms with van der Waals surface area (Å²) in [7, 11) is 1.42. The van der Waals surface area contributed by atoms with Gasteiger partial charge in [0.1, 0.15) is 49.4 Å². The molecule has 5 amide bonds.